The summed E-state index contributed by atoms with van der Waals surface area (Å²) >= 11 is 1.37. The lowest BCUT2D eigenvalue weighted by atomic mass is 9.87. The second-order valence-corrected chi connectivity index (χ2v) is 7.40. The van der Waals surface area contributed by atoms with Crippen LogP contribution in [0.15, 0.2) is 36.4 Å². The summed E-state index contributed by atoms with van der Waals surface area (Å²) in [6.07, 6.45) is 2.19. The molecule has 0 radical (unpaired) electrons. The lowest BCUT2D eigenvalue weighted by Gasteiger charge is -2.27. The van der Waals surface area contributed by atoms with Gasteiger partial charge in [-0.05, 0) is 56.4 Å². The first-order chi connectivity index (χ1) is 11.5. The highest BCUT2D eigenvalue weighted by atomic mass is 32.1. The van der Waals surface area contributed by atoms with Crippen LogP contribution in [0.3, 0.4) is 0 Å². The van der Waals surface area contributed by atoms with E-state index in [1.807, 2.05) is 25.1 Å². The monoisotopic (exact) mass is 343 g/mol. The van der Waals surface area contributed by atoms with Gasteiger partial charge in [-0.15, -0.1) is 11.3 Å². The number of fused-ring (bicyclic) bond motifs is 1. The molecule has 1 aliphatic rings. The van der Waals surface area contributed by atoms with Crippen LogP contribution in [0.2, 0.25) is 0 Å². The van der Waals surface area contributed by atoms with Crippen molar-refractivity contribution in [2.45, 2.75) is 45.3 Å². The summed E-state index contributed by atoms with van der Waals surface area (Å²) in [5, 5.41) is 3.02. The van der Waals surface area contributed by atoms with E-state index in [1.165, 1.54) is 22.5 Å². The van der Waals surface area contributed by atoms with Gasteiger partial charge in [0, 0.05) is 4.88 Å². The van der Waals surface area contributed by atoms with Crippen molar-refractivity contribution in [1.29, 1.82) is 0 Å². The fourth-order valence-electron chi connectivity index (χ4n) is 3.01. The van der Waals surface area contributed by atoms with Crippen molar-refractivity contribution < 1.29 is 14.3 Å². The van der Waals surface area contributed by atoms with Gasteiger partial charge in [0.2, 0.25) is 0 Å². The number of rotatable bonds is 4. The Morgan fingerprint density at radius 2 is 2.04 bits per heavy atom. The van der Waals surface area contributed by atoms with Crippen molar-refractivity contribution in [3.8, 4) is 0 Å². The molecule has 5 heteroatoms. The highest BCUT2D eigenvalue weighted by Gasteiger charge is 2.25. The topological polar surface area (TPSA) is 55.4 Å². The fourth-order valence-corrected chi connectivity index (χ4v) is 3.76. The quantitative estimate of drug-likeness (QED) is 0.859. The molecule has 24 heavy (non-hydrogen) atoms. The first-order valence-electron chi connectivity index (χ1n) is 8.20. The van der Waals surface area contributed by atoms with Gasteiger partial charge in [-0.3, -0.25) is 4.79 Å². The standard InChI is InChI=1S/C19H21NO3S/c1-12-10-11-17(24-12)19(22)23-13(2)18(21)20-16-9-5-7-14-6-3-4-8-15(14)16/h3-4,6,8,10-11,13,16H,5,7,9H2,1-2H3,(H,20,21)/t13-,16+/m0/s1. The summed E-state index contributed by atoms with van der Waals surface area (Å²) in [6.45, 7) is 3.54. The third kappa shape index (κ3) is 3.67. The molecule has 0 fully saturated rings. The van der Waals surface area contributed by atoms with E-state index in [0.29, 0.717) is 4.88 Å². The number of amides is 1. The first-order valence-corrected chi connectivity index (χ1v) is 9.02. The van der Waals surface area contributed by atoms with Gasteiger partial charge >= 0.3 is 5.97 Å². The Hall–Kier alpha value is -2.14. The molecule has 1 heterocycles. The number of carbonyl (C=O) groups is 2. The van der Waals surface area contributed by atoms with Gasteiger partial charge in [-0.1, -0.05) is 24.3 Å². The second kappa shape index (κ2) is 7.18. The minimum absolute atomic E-state index is 0.00687. The van der Waals surface area contributed by atoms with Gasteiger partial charge in [0.05, 0.1) is 6.04 Å². The Balaban J connectivity index is 1.62. The number of nitrogens with one attached hydrogen (secondary N) is 1. The van der Waals surface area contributed by atoms with Gasteiger partial charge in [0.25, 0.3) is 5.91 Å². The number of hydrogen-bond acceptors (Lipinski definition) is 4. The van der Waals surface area contributed by atoms with Crippen LogP contribution >= 0.6 is 11.3 Å². The molecule has 1 aromatic carbocycles. The van der Waals surface area contributed by atoms with E-state index in [9.17, 15) is 9.59 Å². The van der Waals surface area contributed by atoms with E-state index in [0.717, 1.165) is 24.1 Å². The molecule has 3 rings (SSSR count). The Kier molecular flexibility index (Phi) is 5.00. The van der Waals surface area contributed by atoms with Crippen LogP contribution in [0, 0.1) is 6.92 Å². The van der Waals surface area contributed by atoms with Crippen LogP contribution in [0.4, 0.5) is 0 Å². The predicted octanol–water partition coefficient (Wildman–Crippen LogP) is 3.80. The highest BCUT2D eigenvalue weighted by Crippen LogP contribution is 2.29. The number of esters is 1. The molecule has 1 N–H and O–H groups in total. The molecule has 0 bridgehead atoms. The molecular formula is C19H21NO3S. The predicted molar refractivity (Wildman–Crippen MR) is 94.2 cm³/mol. The maximum absolute atomic E-state index is 12.4. The van der Waals surface area contributed by atoms with Crippen LogP contribution in [0.5, 0.6) is 0 Å². The van der Waals surface area contributed by atoms with E-state index in [-0.39, 0.29) is 11.9 Å². The van der Waals surface area contributed by atoms with Crippen molar-refractivity contribution in [3.63, 3.8) is 0 Å². The van der Waals surface area contributed by atoms with Crippen molar-refractivity contribution in [2.24, 2.45) is 0 Å². The maximum Gasteiger partial charge on any atom is 0.349 e. The minimum atomic E-state index is -0.811. The second-order valence-electron chi connectivity index (χ2n) is 6.11. The average molecular weight is 343 g/mol. The molecule has 0 unspecified atom stereocenters. The molecule has 2 aromatic rings. The molecule has 4 nitrogen and oxygen atoms in total. The number of ether oxygens (including phenoxy) is 1. The third-order valence-electron chi connectivity index (χ3n) is 4.28. The zero-order chi connectivity index (χ0) is 17.1. The third-order valence-corrected chi connectivity index (χ3v) is 5.26. The number of carbonyl (C=O) groups excluding carboxylic acids is 2. The number of thiophene rings is 1. The van der Waals surface area contributed by atoms with Crippen LogP contribution in [0.25, 0.3) is 0 Å². The lowest BCUT2D eigenvalue weighted by molar-refractivity contribution is -0.130. The Morgan fingerprint density at radius 1 is 1.25 bits per heavy atom. The van der Waals surface area contributed by atoms with Gasteiger partial charge in [0.15, 0.2) is 6.10 Å². The fraction of sp³-hybridized carbons (Fsp3) is 0.368. The maximum atomic E-state index is 12.4. The molecule has 1 aromatic heterocycles. The molecule has 0 aliphatic heterocycles. The summed E-state index contributed by atoms with van der Waals surface area (Å²) in [7, 11) is 0. The normalized spacial score (nSPS) is 17.7. The summed E-state index contributed by atoms with van der Waals surface area (Å²) in [5.74, 6) is -0.696. The van der Waals surface area contributed by atoms with Crippen molar-refractivity contribution in [1.82, 2.24) is 5.32 Å². The van der Waals surface area contributed by atoms with Crippen LogP contribution in [0.1, 0.15) is 51.5 Å². The van der Waals surface area contributed by atoms with E-state index in [2.05, 4.69) is 17.4 Å². The number of benzene rings is 1. The number of aryl methyl sites for hydroxylation is 2. The van der Waals surface area contributed by atoms with E-state index in [1.54, 1.807) is 13.0 Å². The zero-order valence-corrected chi connectivity index (χ0v) is 14.7. The van der Waals surface area contributed by atoms with Crippen LogP contribution in [-0.4, -0.2) is 18.0 Å². The summed E-state index contributed by atoms with van der Waals surface area (Å²) in [5.41, 5.74) is 2.46. The Labute approximate surface area is 145 Å². The summed E-state index contributed by atoms with van der Waals surface area (Å²) in [6, 6.07) is 11.8. The zero-order valence-electron chi connectivity index (χ0n) is 13.9. The van der Waals surface area contributed by atoms with Crippen molar-refractivity contribution in [2.75, 3.05) is 0 Å². The average Bonchev–Trinajstić information content (AvgIpc) is 3.01. The minimum Gasteiger partial charge on any atom is -0.448 e. The largest absolute Gasteiger partial charge is 0.448 e. The SMILES string of the molecule is Cc1ccc(C(=O)O[C@@H](C)C(=O)N[C@@H]2CCCc3ccccc32)s1. The van der Waals surface area contributed by atoms with Crippen molar-refractivity contribution >= 4 is 23.2 Å². The number of hydrogen-bond donors (Lipinski definition) is 1. The smallest absolute Gasteiger partial charge is 0.349 e. The van der Waals surface area contributed by atoms with E-state index < -0.39 is 12.1 Å². The molecule has 2 atom stereocenters. The van der Waals surface area contributed by atoms with Gasteiger partial charge in [0.1, 0.15) is 4.88 Å². The summed E-state index contributed by atoms with van der Waals surface area (Å²) in [4.78, 5) is 26.0. The molecule has 1 aliphatic carbocycles. The lowest BCUT2D eigenvalue weighted by Crippen LogP contribution is -2.39. The van der Waals surface area contributed by atoms with E-state index >= 15 is 0 Å². The van der Waals surface area contributed by atoms with Gasteiger partial charge < -0.3 is 10.1 Å². The van der Waals surface area contributed by atoms with E-state index in [4.69, 9.17) is 4.74 Å². The van der Waals surface area contributed by atoms with Crippen LogP contribution < -0.4 is 5.32 Å². The molecular weight excluding hydrogens is 322 g/mol. The molecule has 0 saturated heterocycles. The van der Waals surface area contributed by atoms with Gasteiger partial charge in [-0.2, -0.15) is 0 Å². The summed E-state index contributed by atoms with van der Waals surface area (Å²) < 4.78 is 5.30. The van der Waals surface area contributed by atoms with Crippen LogP contribution in [-0.2, 0) is 16.0 Å². The first kappa shape index (κ1) is 16.7. The molecule has 1 amide bonds. The van der Waals surface area contributed by atoms with Crippen molar-refractivity contribution in [3.05, 3.63) is 57.3 Å². The Morgan fingerprint density at radius 3 is 2.79 bits per heavy atom. The van der Waals surface area contributed by atoms with Gasteiger partial charge in [-0.25, -0.2) is 4.79 Å². The molecule has 0 spiro atoms. The molecule has 0 saturated carbocycles. The highest BCUT2D eigenvalue weighted by molar-refractivity contribution is 7.13. The molecule has 126 valence electrons. The Bertz CT molecular complexity index is 753.